The van der Waals surface area contributed by atoms with Crippen LogP contribution in [0.3, 0.4) is 0 Å². The van der Waals surface area contributed by atoms with Gasteiger partial charge in [0.15, 0.2) is 18.9 Å². The zero-order valence-electron chi connectivity index (χ0n) is 53.9. The molecule has 0 aromatic heterocycles. The molecule has 0 radical (unpaired) electrons. The monoisotopic (exact) mass is 1250 g/mol. The average molecular weight is 1250 g/mol. The molecule has 12 N–H and O–H groups in total. The van der Waals surface area contributed by atoms with Crippen molar-refractivity contribution in [1.82, 2.24) is 5.32 Å². The molecule has 0 aromatic rings. The van der Waals surface area contributed by atoms with Crippen molar-refractivity contribution in [3.05, 3.63) is 60.8 Å². The summed E-state index contributed by atoms with van der Waals surface area (Å²) >= 11 is 0. The molecular weight excluding hydrogens is 1130 g/mol. The molecule has 3 saturated heterocycles. The lowest BCUT2D eigenvalue weighted by molar-refractivity contribution is -0.379. The fraction of sp³-hybridized carbons (Fsp3) is 0.841. The largest absolute Gasteiger partial charge is 0.394 e. The first-order chi connectivity index (χ1) is 42.8. The van der Waals surface area contributed by atoms with E-state index in [-0.39, 0.29) is 18.9 Å². The SMILES string of the molecule is CC/C=C\C/C=C\C/C=C\C/C=C\C/C=C\CCCCCC(=O)NC(COC1OC(CO)C(OC2OC(CO)C(OC3OC(CO)C(O)C(O)C3O)C(O)C2O)C(O)C1O)C(O)CCCCCCCCCCCCCCCCCCCCCCCCCC. The minimum absolute atomic E-state index is 0.225. The maximum atomic E-state index is 13.4. The highest BCUT2D eigenvalue weighted by molar-refractivity contribution is 5.76. The highest BCUT2D eigenvalue weighted by Crippen LogP contribution is 2.33. The molecule has 0 aliphatic carbocycles. The summed E-state index contributed by atoms with van der Waals surface area (Å²) in [6, 6.07) is -0.909. The van der Waals surface area contributed by atoms with Gasteiger partial charge >= 0.3 is 0 Å². The molecule has 3 heterocycles. The fourth-order valence-corrected chi connectivity index (χ4v) is 11.5. The number of nitrogens with one attached hydrogen (secondary N) is 1. The zero-order chi connectivity index (χ0) is 64.0. The third-order valence-corrected chi connectivity index (χ3v) is 17.1. The number of hydrogen-bond donors (Lipinski definition) is 12. The van der Waals surface area contributed by atoms with E-state index in [0.29, 0.717) is 12.8 Å². The Morgan fingerprint density at radius 3 is 1.22 bits per heavy atom. The first-order valence-corrected chi connectivity index (χ1v) is 34.5. The Labute approximate surface area is 528 Å². The van der Waals surface area contributed by atoms with Crippen LogP contribution in [0.2, 0.25) is 0 Å². The third-order valence-electron chi connectivity index (χ3n) is 17.1. The van der Waals surface area contributed by atoms with Crippen LogP contribution < -0.4 is 5.32 Å². The van der Waals surface area contributed by atoms with Crippen LogP contribution in [0.5, 0.6) is 0 Å². The molecule has 3 aliphatic rings. The topological polar surface area (TPSA) is 307 Å². The van der Waals surface area contributed by atoms with Crippen LogP contribution in [-0.2, 0) is 33.2 Å². The lowest BCUT2D eigenvalue weighted by Gasteiger charge is -2.48. The Bertz CT molecular complexity index is 1830. The fourth-order valence-electron chi connectivity index (χ4n) is 11.5. The van der Waals surface area contributed by atoms with Crippen molar-refractivity contribution in [2.75, 3.05) is 26.4 Å². The average Bonchev–Trinajstić information content (AvgIpc) is 3.71. The van der Waals surface area contributed by atoms with Crippen LogP contribution in [0.15, 0.2) is 60.8 Å². The first-order valence-electron chi connectivity index (χ1n) is 34.5. The molecule has 0 spiro atoms. The van der Waals surface area contributed by atoms with Gasteiger partial charge < -0.3 is 89.9 Å². The number of aliphatic hydroxyl groups is 11. The molecule has 3 aliphatic heterocycles. The van der Waals surface area contributed by atoms with Crippen molar-refractivity contribution >= 4 is 5.91 Å². The number of aliphatic hydroxyl groups excluding tert-OH is 11. The normalized spacial score (nSPS) is 28.8. The summed E-state index contributed by atoms with van der Waals surface area (Å²) in [6.07, 6.45) is 34.4. The van der Waals surface area contributed by atoms with E-state index < -0.39 is 124 Å². The van der Waals surface area contributed by atoms with Gasteiger partial charge in [0.1, 0.15) is 73.2 Å². The Kier molecular flexibility index (Phi) is 46.2. The summed E-state index contributed by atoms with van der Waals surface area (Å²) in [4.78, 5) is 13.4. The maximum absolute atomic E-state index is 13.4. The van der Waals surface area contributed by atoms with E-state index in [1.54, 1.807) is 0 Å². The van der Waals surface area contributed by atoms with Crippen LogP contribution >= 0.6 is 0 Å². The molecule has 0 saturated carbocycles. The van der Waals surface area contributed by atoms with E-state index in [0.717, 1.165) is 77.0 Å². The van der Waals surface area contributed by atoms with Crippen LogP contribution in [-0.4, -0.2) is 193 Å². The van der Waals surface area contributed by atoms with Gasteiger partial charge in [-0.2, -0.15) is 0 Å². The predicted molar refractivity (Wildman–Crippen MR) is 342 cm³/mol. The van der Waals surface area contributed by atoms with Gasteiger partial charge in [-0.1, -0.05) is 235 Å². The standard InChI is InChI=1S/C69H123NO18/c1-3-5-7-9-11-13-15-17-19-21-23-24-25-26-27-29-30-32-34-36-38-40-42-44-46-53(74)52(70-57(75)47-45-43-41-39-37-35-33-31-28-22-20-18-16-14-12-10-8-6-4-2)51-83-67-63(81)60(78)65(55(49-72)85-67)88-69-64(82)61(79)66(56(50-73)86-69)87-68-62(80)59(77)58(76)54(48-71)84-68/h6,8,12,14,18,20,28,31,35,37,52-56,58-69,71-74,76-82H,3-5,7,9-11,13,15-17,19,21-27,29-30,32-34,36,38-51H2,1-2H3,(H,70,75)/b8-6-,14-12-,20-18-,31-28-,37-35-. The molecule has 0 bridgehead atoms. The van der Waals surface area contributed by atoms with Crippen molar-refractivity contribution in [3.63, 3.8) is 0 Å². The van der Waals surface area contributed by atoms with Gasteiger partial charge in [-0.25, -0.2) is 0 Å². The molecule has 1 amide bonds. The summed E-state index contributed by atoms with van der Waals surface area (Å²) in [5, 5.41) is 121. The van der Waals surface area contributed by atoms with Crippen molar-refractivity contribution in [2.24, 2.45) is 0 Å². The molecule has 17 atom stereocenters. The number of amides is 1. The van der Waals surface area contributed by atoms with E-state index in [2.05, 4.69) is 79.9 Å². The van der Waals surface area contributed by atoms with E-state index in [4.69, 9.17) is 28.4 Å². The van der Waals surface area contributed by atoms with Crippen LogP contribution in [0.4, 0.5) is 0 Å². The molecule has 3 rings (SSSR count). The second kappa shape index (κ2) is 51.0. The zero-order valence-corrected chi connectivity index (χ0v) is 53.9. The van der Waals surface area contributed by atoms with Gasteiger partial charge in [-0.3, -0.25) is 4.79 Å². The number of allylic oxidation sites excluding steroid dienone is 10. The van der Waals surface area contributed by atoms with E-state index in [1.165, 1.54) is 128 Å². The second-order valence-electron chi connectivity index (χ2n) is 24.6. The van der Waals surface area contributed by atoms with Crippen molar-refractivity contribution in [3.8, 4) is 0 Å². The summed E-state index contributed by atoms with van der Waals surface area (Å²) in [5.74, 6) is -0.274. The summed E-state index contributed by atoms with van der Waals surface area (Å²) < 4.78 is 34.4. The molecular formula is C69H123NO18. The molecule has 512 valence electrons. The Hall–Kier alpha value is -2.51. The number of unbranched alkanes of at least 4 members (excludes halogenated alkanes) is 26. The van der Waals surface area contributed by atoms with Crippen LogP contribution in [0, 0.1) is 0 Å². The molecule has 19 heteroatoms. The third kappa shape index (κ3) is 32.9. The minimum atomic E-state index is -1.98. The molecule has 3 fully saturated rings. The van der Waals surface area contributed by atoms with Gasteiger partial charge in [-0.15, -0.1) is 0 Å². The highest BCUT2D eigenvalue weighted by atomic mass is 16.8. The van der Waals surface area contributed by atoms with Crippen molar-refractivity contribution < 1.29 is 89.4 Å². The first kappa shape index (κ1) is 79.7. The Morgan fingerprint density at radius 2 is 0.784 bits per heavy atom. The maximum Gasteiger partial charge on any atom is 0.220 e. The van der Waals surface area contributed by atoms with Gasteiger partial charge in [0, 0.05) is 6.42 Å². The second-order valence-corrected chi connectivity index (χ2v) is 24.6. The highest BCUT2D eigenvalue weighted by Gasteiger charge is 2.53. The van der Waals surface area contributed by atoms with Crippen molar-refractivity contribution in [1.29, 1.82) is 0 Å². The van der Waals surface area contributed by atoms with Gasteiger partial charge in [0.2, 0.25) is 5.91 Å². The summed E-state index contributed by atoms with van der Waals surface area (Å²) in [5.41, 5.74) is 0. The van der Waals surface area contributed by atoms with Gasteiger partial charge in [0.25, 0.3) is 0 Å². The van der Waals surface area contributed by atoms with Crippen LogP contribution in [0.1, 0.15) is 239 Å². The molecule has 0 aromatic carbocycles. The number of carbonyl (C=O) groups excluding carboxylic acids is 1. The predicted octanol–water partition coefficient (Wildman–Crippen LogP) is 8.77. The van der Waals surface area contributed by atoms with Gasteiger partial charge in [-0.05, 0) is 57.8 Å². The van der Waals surface area contributed by atoms with E-state index in [9.17, 15) is 61.0 Å². The number of carbonyl (C=O) groups is 1. The number of hydrogen-bond acceptors (Lipinski definition) is 18. The van der Waals surface area contributed by atoms with Gasteiger partial charge in [0.05, 0.1) is 38.6 Å². The quantitative estimate of drug-likeness (QED) is 0.0200. The van der Waals surface area contributed by atoms with E-state index >= 15 is 0 Å². The Balaban J connectivity index is 1.45. The lowest BCUT2D eigenvalue weighted by atomic mass is 9.96. The summed E-state index contributed by atoms with van der Waals surface area (Å²) in [6.45, 7) is 1.67. The van der Waals surface area contributed by atoms with E-state index in [1.807, 2.05) is 0 Å². The summed E-state index contributed by atoms with van der Waals surface area (Å²) in [7, 11) is 0. The minimum Gasteiger partial charge on any atom is -0.394 e. The number of rotatable bonds is 52. The molecule has 17 unspecified atom stereocenters. The van der Waals surface area contributed by atoms with Crippen molar-refractivity contribution in [2.45, 2.75) is 343 Å². The Morgan fingerprint density at radius 1 is 0.420 bits per heavy atom. The molecule has 19 nitrogen and oxygen atoms in total. The van der Waals surface area contributed by atoms with Crippen LogP contribution in [0.25, 0.3) is 0 Å². The number of ether oxygens (including phenoxy) is 6. The smallest absolute Gasteiger partial charge is 0.220 e. The lowest BCUT2D eigenvalue weighted by Crippen LogP contribution is -2.66. The molecule has 88 heavy (non-hydrogen) atoms.